The SMILES string of the molecule is COc1ccc(CC[NH2+]Cc2cc(Cl)ccc2OC)cc1. The van der Waals surface area contributed by atoms with Crippen LogP contribution in [-0.4, -0.2) is 20.8 Å². The van der Waals surface area contributed by atoms with Gasteiger partial charge in [0.15, 0.2) is 0 Å². The van der Waals surface area contributed by atoms with Crippen LogP contribution in [0.3, 0.4) is 0 Å². The summed E-state index contributed by atoms with van der Waals surface area (Å²) in [6.07, 6.45) is 1.02. The van der Waals surface area contributed by atoms with Gasteiger partial charge in [-0.05, 0) is 35.9 Å². The first-order valence-electron chi connectivity index (χ1n) is 7.00. The predicted molar refractivity (Wildman–Crippen MR) is 85.2 cm³/mol. The lowest BCUT2D eigenvalue weighted by molar-refractivity contribution is -0.670. The van der Waals surface area contributed by atoms with Crippen molar-refractivity contribution in [3.63, 3.8) is 0 Å². The summed E-state index contributed by atoms with van der Waals surface area (Å²) >= 11 is 6.03. The number of hydrogen-bond donors (Lipinski definition) is 1. The van der Waals surface area contributed by atoms with Crippen LogP contribution in [0, 0.1) is 0 Å². The van der Waals surface area contributed by atoms with Crippen molar-refractivity contribution in [2.75, 3.05) is 20.8 Å². The first kappa shape index (κ1) is 15.7. The van der Waals surface area contributed by atoms with Crippen molar-refractivity contribution in [3.05, 3.63) is 58.6 Å². The van der Waals surface area contributed by atoms with Gasteiger partial charge in [0.2, 0.25) is 0 Å². The van der Waals surface area contributed by atoms with Crippen molar-refractivity contribution in [2.45, 2.75) is 13.0 Å². The Hall–Kier alpha value is -1.71. The van der Waals surface area contributed by atoms with E-state index in [9.17, 15) is 0 Å². The van der Waals surface area contributed by atoms with Crippen LogP contribution in [0.5, 0.6) is 11.5 Å². The summed E-state index contributed by atoms with van der Waals surface area (Å²) in [5.74, 6) is 1.78. The van der Waals surface area contributed by atoms with E-state index in [-0.39, 0.29) is 0 Å². The van der Waals surface area contributed by atoms with Crippen LogP contribution in [0.25, 0.3) is 0 Å². The fourth-order valence-electron chi connectivity index (χ4n) is 2.23. The van der Waals surface area contributed by atoms with Gasteiger partial charge in [-0.2, -0.15) is 0 Å². The number of quaternary nitrogens is 1. The van der Waals surface area contributed by atoms with Crippen molar-refractivity contribution in [1.82, 2.24) is 0 Å². The standard InChI is InChI=1S/C17H20ClNO2/c1-20-16-6-3-13(4-7-16)9-10-19-12-14-11-15(18)5-8-17(14)21-2/h3-8,11,19H,9-10,12H2,1-2H3/p+1. The summed E-state index contributed by atoms with van der Waals surface area (Å²) in [7, 11) is 3.37. The van der Waals surface area contributed by atoms with Gasteiger partial charge in [-0.1, -0.05) is 23.7 Å². The van der Waals surface area contributed by atoms with E-state index in [1.54, 1.807) is 14.2 Å². The van der Waals surface area contributed by atoms with E-state index in [0.717, 1.165) is 41.6 Å². The molecule has 2 N–H and O–H groups in total. The first-order valence-corrected chi connectivity index (χ1v) is 7.37. The molecular weight excluding hydrogens is 286 g/mol. The quantitative estimate of drug-likeness (QED) is 0.798. The Bertz CT molecular complexity index is 570. The van der Waals surface area contributed by atoms with Gasteiger partial charge >= 0.3 is 0 Å². The molecule has 0 spiro atoms. The molecule has 4 heteroatoms. The summed E-state index contributed by atoms with van der Waals surface area (Å²) in [4.78, 5) is 0. The smallest absolute Gasteiger partial charge is 0.127 e. The molecule has 21 heavy (non-hydrogen) atoms. The molecule has 0 saturated carbocycles. The zero-order valence-electron chi connectivity index (χ0n) is 12.4. The van der Waals surface area contributed by atoms with Crippen LogP contribution in [0.2, 0.25) is 5.02 Å². The maximum absolute atomic E-state index is 6.03. The van der Waals surface area contributed by atoms with Gasteiger partial charge in [0.1, 0.15) is 18.0 Å². The molecule has 2 aromatic carbocycles. The minimum atomic E-state index is 0.745. The van der Waals surface area contributed by atoms with E-state index in [1.165, 1.54) is 5.56 Å². The molecule has 2 aromatic rings. The monoisotopic (exact) mass is 306 g/mol. The highest BCUT2D eigenvalue weighted by atomic mass is 35.5. The third-order valence-electron chi connectivity index (χ3n) is 3.40. The topological polar surface area (TPSA) is 35.1 Å². The zero-order valence-corrected chi connectivity index (χ0v) is 13.2. The largest absolute Gasteiger partial charge is 0.497 e. The van der Waals surface area contributed by atoms with Gasteiger partial charge in [-0.25, -0.2) is 0 Å². The van der Waals surface area contributed by atoms with Crippen LogP contribution < -0.4 is 14.8 Å². The normalized spacial score (nSPS) is 10.4. The molecule has 0 aliphatic carbocycles. The summed E-state index contributed by atoms with van der Waals surface area (Å²) in [5.41, 5.74) is 2.44. The number of halogens is 1. The van der Waals surface area contributed by atoms with E-state index in [2.05, 4.69) is 17.4 Å². The van der Waals surface area contributed by atoms with E-state index in [1.807, 2.05) is 30.3 Å². The number of rotatable bonds is 7. The number of nitrogens with two attached hydrogens (primary N) is 1. The van der Waals surface area contributed by atoms with Gasteiger partial charge in [0.25, 0.3) is 0 Å². The van der Waals surface area contributed by atoms with Crippen molar-refractivity contribution < 1.29 is 14.8 Å². The Balaban J connectivity index is 1.82. The minimum Gasteiger partial charge on any atom is -0.497 e. The molecule has 0 aliphatic heterocycles. The Kier molecular flexibility index (Phi) is 5.90. The third-order valence-corrected chi connectivity index (χ3v) is 3.64. The van der Waals surface area contributed by atoms with Gasteiger partial charge < -0.3 is 14.8 Å². The summed E-state index contributed by atoms with van der Waals surface area (Å²) in [6.45, 7) is 1.88. The van der Waals surface area contributed by atoms with Crippen LogP contribution in [0.4, 0.5) is 0 Å². The summed E-state index contributed by atoms with van der Waals surface area (Å²) in [6, 6.07) is 13.9. The number of benzene rings is 2. The Labute approximate surface area is 130 Å². The van der Waals surface area contributed by atoms with E-state index < -0.39 is 0 Å². The van der Waals surface area contributed by atoms with Crippen molar-refractivity contribution in [3.8, 4) is 11.5 Å². The van der Waals surface area contributed by atoms with Gasteiger partial charge in [-0.3, -0.25) is 0 Å². The van der Waals surface area contributed by atoms with Crippen LogP contribution in [0.1, 0.15) is 11.1 Å². The summed E-state index contributed by atoms with van der Waals surface area (Å²) in [5, 5.41) is 3.01. The van der Waals surface area contributed by atoms with Gasteiger partial charge in [0.05, 0.1) is 20.8 Å². The molecule has 0 fully saturated rings. The molecule has 0 aromatic heterocycles. The molecule has 112 valence electrons. The Morgan fingerprint density at radius 3 is 2.43 bits per heavy atom. The van der Waals surface area contributed by atoms with Crippen molar-refractivity contribution in [1.29, 1.82) is 0 Å². The Morgan fingerprint density at radius 1 is 1.00 bits per heavy atom. The highest BCUT2D eigenvalue weighted by Crippen LogP contribution is 2.21. The maximum atomic E-state index is 6.03. The highest BCUT2D eigenvalue weighted by molar-refractivity contribution is 6.30. The van der Waals surface area contributed by atoms with Crippen LogP contribution in [0.15, 0.2) is 42.5 Å². The zero-order chi connectivity index (χ0) is 15.1. The van der Waals surface area contributed by atoms with Crippen LogP contribution in [-0.2, 0) is 13.0 Å². The molecule has 0 aliphatic rings. The van der Waals surface area contributed by atoms with Crippen LogP contribution >= 0.6 is 11.6 Å². The average Bonchev–Trinajstić information content (AvgIpc) is 2.52. The summed E-state index contributed by atoms with van der Waals surface area (Å²) < 4.78 is 10.5. The first-order chi connectivity index (χ1) is 10.2. The fourth-order valence-corrected chi connectivity index (χ4v) is 2.42. The van der Waals surface area contributed by atoms with E-state index in [4.69, 9.17) is 21.1 Å². The minimum absolute atomic E-state index is 0.745. The Morgan fingerprint density at radius 2 is 1.76 bits per heavy atom. The maximum Gasteiger partial charge on any atom is 0.127 e. The van der Waals surface area contributed by atoms with Gasteiger partial charge in [0, 0.05) is 17.0 Å². The van der Waals surface area contributed by atoms with E-state index in [0.29, 0.717) is 0 Å². The molecule has 0 unspecified atom stereocenters. The van der Waals surface area contributed by atoms with Crippen molar-refractivity contribution >= 4 is 11.6 Å². The molecule has 3 nitrogen and oxygen atoms in total. The van der Waals surface area contributed by atoms with Crippen molar-refractivity contribution in [2.24, 2.45) is 0 Å². The molecule has 0 bridgehead atoms. The second-order valence-electron chi connectivity index (χ2n) is 4.84. The fraction of sp³-hybridized carbons (Fsp3) is 0.294. The molecule has 0 amide bonds. The average molecular weight is 307 g/mol. The second kappa shape index (κ2) is 7.91. The molecule has 0 saturated heterocycles. The second-order valence-corrected chi connectivity index (χ2v) is 5.27. The predicted octanol–water partition coefficient (Wildman–Crippen LogP) is 2.66. The molecule has 0 atom stereocenters. The number of hydrogen-bond acceptors (Lipinski definition) is 2. The lowest BCUT2D eigenvalue weighted by Gasteiger charge is -2.08. The van der Waals surface area contributed by atoms with E-state index >= 15 is 0 Å². The highest BCUT2D eigenvalue weighted by Gasteiger charge is 2.05. The lowest BCUT2D eigenvalue weighted by Crippen LogP contribution is -2.83. The molecule has 2 rings (SSSR count). The third kappa shape index (κ3) is 4.66. The lowest BCUT2D eigenvalue weighted by atomic mass is 10.1. The molecular formula is C17H21ClNO2+. The molecule has 0 heterocycles. The number of methoxy groups -OCH3 is 2. The number of ether oxygens (including phenoxy) is 2. The molecule has 0 radical (unpaired) electrons. The van der Waals surface area contributed by atoms with Gasteiger partial charge in [-0.15, -0.1) is 0 Å².